The Morgan fingerprint density at radius 2 is 2.12 bits per heavy atom. The molecular formula is C8H12. The molecule has 0 atom stereocenters. The van der Waals surface area contributed by atoms with Gasteiger partial charge >= 0.3 is 0 Å². The van der Waals surface area contributed by atoms with Crippen molar-refractivity contribution in [3.63, 3.8) is 0 Å². The highest BCUT2D eigenvalue weighted by molar-refractivity contribution is 4.93. The van der Waals surface area contributed by atoms with Crippen LogP contribution >= 0.6 is 0 Å². The summed E-state index contributed by atoms with van der Waals surface area (Å²) in [6, 6.07) is 0. The largest absolute Gasteiger partial charge is 0.130 e. The van der Waals surface area contributed by atoms with Crippen molar-refractivity contribution in [2.75, 3.05) is 0 Å². The lowest BCUT2D eigenvalue weighted by Crippen LogP contribution is -1.96. The molecule has 0 aromatic heterocycles. The van der Waals surface area contributed by atoms with Crippen LogP contribution in [0.15, 0.2) is 17.9 Å². The van der Waals surface area contributed by atoms with Gasteiger partial charge in [-0.3, -0.25) is 0 Å². The van der Waals surface area contributed by atoms with E-state index in [4.69, 9.17) is 0 Å². The Kier molecular flexibility index (Phi) is 1.93. The van der Waals surface area contributed by atoms with Gasteiger partial charge in [0, 0.05) is 0 Å². The lowest BCUT2D eigenvalue weighted by Gasteiger charge is -2.09. The minimum Gasteiger partial charge on any atom is -0.130 e. The highest BCUT2D eigenvalue weighted by Crippen LogP contribution is 2.16. The maximum atomic E-state index is 3.10. The Morgan fingerprint density at radius 1 is 1.50 bits per heavy atom. The molecule has 0 aromatic carbocycles. The van der Waals surface area contributed by atoms with Gasteiger partial charge in [-0.25, -0.2) is 0 Å². The fourth-order valence-corrected chi connectivity index (χ4v) is 0.982. The zero-order valence-electron chi connectivity index (χ0n) is 5.35. The quantitative estimate of drug-likeness (QED) is 0.453. The van der Waals surface area contributed by atoms with Gasteiger partial charge in [0.2, 0.25) is 0 Å². The Morgan fingerprint density at radius 3 is 2.50 bits per heavy atom. The van der Waals surface area contributed by atoms with Gasteiger partial charge in [-0.1, -0.05) is 13.3 Å². The third-order valence-electron chi connectivity index (χ3n) is 1.72. The molecule has 0 N–H and O–H groups in total. The molecule has 0 nitrogen and oxygen atoms in total. The second-order valence-corrected chi connectivity index (χ2v) is 2.32. The second-order valence-electron chi connectivity index (χ2n) is 2.32. The van der Waals surface area contributed by atoms with E-state index in [9.17, 15) is 0 Å². The molecule has 1 aliphatic carbocycles. The van der Waals surface area contributed by atoms with Crippen LogP contribution in [0.1, 0.15) is 26.2 Å². The van der Waals surface area contributed by atoms with E-state index in [-0.39, 0.29) is 0 Å². The molecule has 0 saturated heterocycles. The average molecular weight is 108 g/mol. The van der Waals surface area contributed by atoms with Crippen LogP contribution in [0.4, 0.5) is 0 Å². The third-order valence-corrected chi connectivity index (χ3v) is 1.72. The maximum Gasteiger partial charge on any atom is -0.0243 e. The summed E-state index contributed by atoms with van der Waals surface area (Å²) in [5, 5.41) is 0. The Labute approximate surface area is 50.9 Å². The summed E-state index contributed by atoms with van der Waals surface area (Å²) in [5.41, 5.74) is 3.10. The van der Waals surface area contributed by atoms with E-state index in [1.165, 1.54) is 19.3 Å². The molecule has 8 heavy (non-hydrogen) atoms. The van der Waals surface area contributed by atoms with E-state index >= 15 is 0 Å². The van der Waals surface area contributed by atoms with Crippen LogP contribution in [-0.4, -0.2) is 0 Å². The standard InChI is InChI=1S/C8H12/c1-2-8-6-4-3-5-7-8/h4-5,8H,2,6-7H2,1H3. The highest BCUT2D eigenvalue weighted by atomic mass is 14.1. The third kappa shape index (κ3) is 1.24. The summed E-state index contributed by atoms with van der Waals surface area (Å²) in [4.78, 5) is 0. The van der Waals surface area contributed by atoms with Crippen molar-refractivity contribution < 1.29 is 0 Å². The van der Waals surface area contributed by atoms with Gasteiger partial charge in [-0.15, -0.1) is 5.73 Å². The molecule has 0 aliphatic heterocycles. The molecule has 0 heteroatoms. The Bertz CT molecular complexity index is 106. The molecule has 1 aliphatic rings. The molecular weight excluding hydrogens is 96.1 g/mol. The highest BCUT2D eigenvalue weighted by Gasteiger charge is 2.02. The minimum atomic E-state index is 0.913. The molecule has 0 aromatic rings. The van der Waals surface area contributed by atoms with Crippen molar-refractivity contribution in [3.8, 4) is 0 Å². The molecule has 0 radical (unpaired) electrons. The summed E-state index contributed by atoms with van der Waals surface area (Å²) >= 11 is 0. The van der Waals surface area contributed by atoms with Crippen LogP contribution in [0.25, 0.3) is 0 Å². The lowest BCUT2D eigenvalue weighted by atomic mass is 9.96. The van der Waals surface area contributed by atoms with E-state index in [0.717, 1.165) is 5.92 Å². The molecule has 0 saturated carbocycles. The van der Waals surface area contributed by atoms with Gasteiger partial charge in [0.1, 0.15) is 0 Å². The molecule has 0 spiro atoms. The first-order chi connectivity index (χ1) is 3.93. The van der Waals surface area contributed by atoms with Crippen LogP contribution < -0.4 is 0 Å². The molecule has 0 heterocycles. The molecule has 0 fully saturated rings. The number of rotatable bonds is 1. The number of hydrogen-bond acceptors (Lipinski definition) is 0. The SMILES string of the molecule is CCC1CC=C=CC1. The summed E-state index contributed by atoms with van der Waals surface area (Å²) in [6.45, 7) is 2.25. The fraction of sp³-hybridized carbons (Fsp3) is 0.625. The summed E-state index contributed by atoms with van der Waals surface area (Å²) in [7, 11) is 0. The van der Waals surface area contributed by atoms with Crippen LogP contribution in [0.3, 0.4) is 0 Å². The van der Waals surface area contributed by atoms with Crippen LogP contribution in [-0.2, 0) is 0 Å². The predicted octanol–water partition coefficient (Wildman–Crippen LogP) is 2.52. The topological polar surface area (TPSA) is 0 Å². The van der Waals surface area contributed by atoms with Crippen molar-refractivity contribution in [1.82, 2.24) is 0 Å². The maximum absolute atomic E-state index is 3.10. The van der Waals surface area contributed by atoms with E-state index in [0.29, 0.717) is 0 Å². The Hall–Kier alpha value is -0.480. The second kappa shape index (κ2) is 2.74. The van der Waals surface area contributed by atoms with Gasteiger partial charge < -0.3 is 0 Å². The summed E-state index contributed by atoms with van der Waals surface area (Å²) in [6.07, 6.45) is 8.07. The normalized spacial score (nSPS) is 19.6. The van der Waals surface area contributed by atoms with E-state index < -0.39 is 0 Å². The smallest absolute Gasteiger partial charge is 0.0243 e. The Balaban J connectivity index is 2.37. The molecule has 1 rings (SSSR count). The van der Waals surface area contributed by atoms with Crippen molar-refractivity contribution in [2.24, 2.45) is 5.92 Å². The minimum absolute atomic E-state index is 0.913. The molecule has 0 amide bonds. The molecule has 0 unspecified atom stereocenters. The summed E-state index contributed by atoms with van der Waals surface area (Å²) < 4.78 is 0. The monoisotopic (exact) mass is 108 g/mol. The van der Waals surface area contributed by atoms with Crippen molar-refractivity contribution >= 4 is 0 Å². The van der Waals surface area contributed by atoms with Gasteiger partial charge in [0.25, 0.3) is 0 Å². The first kappa shape index (κ1) is 5.65. The zero-order chi connectivity index (χ0) is 5.82. The van der Waals surface area contributed by atoms with Crippen LogP contribution in [0.5, 0.6) is 0 Å². The van der Waals surface area contributed by atoms with E-state index in [2.05, 4.69) is 24.8 Å². The fourth-order valence-electron chi connectivity index (χ4n) is 0.982. The van der Waals surface area contributed by atoms with E-state index in [1.807, 2.05) is 0 Å². The van der Waals surface area contributed by atoms with Crippen molar-refractivity contribution in [2.45, 2.75) is 26.2 Å². The van der Waals surface area contributed by atoms with Gasteiger partial charge in [-0.05, 0) is 30.9 Å². The first-order valence-corrected chi connectivity index (χ1v) is 3.33. The van der Waals surface area contributed by atoms with Gasteiger partial charge in [-0.2, -0.15) is 0 Å². The van der Waals surface area contributed by atoms with Gasteiger partial charge in [0.05, 0.1) is 0 Å². The first-order valence-electron chi connectivity index (χ1n) is 3.33. The summed E-state index contributed by atoms with van der Waals surface area (Å²) in [5.74, 6) is 0.913. The molecule has 44 valence electrons. The van der Waals surface area contributed by atoms with Gasteiger partial charge in [0.15, 0.2) is 0 Å². The predicted molar refractivity (Wildman–Crippen MR) is 35.7 cm³/mol. The zero-order valence-corrected chi connectivity index (χ0v) is 5.35. The number of allylic oxidation sites excluding steroid dienone is 1. The van der Waals surface area contributed by atoms with Crippen LogP contribution in [0, 0.1) is 5.92 Å². The van der Waals surface area contributed by atoms with E-state index in [1.54, 1.807) is 0 Å². The number of hydrogen-bond donors (Lipinski definition) is 0. The lowest BCUT2D eigenvalue weighted by molar-refractivity contribution is 0.518. The van der Waals surface area contributed by atoms with Crippen molar-refractivity contribution in [1.29, 1.82) is 0 Å². The van der Waals surface area contributed by atoms with Crippen LogP contribution in [0.2, 0.25) is 0 Å². The van der Waals surface area contributed by atoms with Crippen molar-refractivity contribution in [3.05, 3.63) is 17.9 Å². The molecule has 0 bridgehead atoms. The average Bonchev–Trinajstić information content (AvgIpc) is 1.90.